The molecule has 9 heteroatoms. The van der Waals surface area contributed by atoms with E-state index in [4.69, 9.17) is 9.84 Å². The molecule has 2 atom stereocenters. The van der Waals surface area contributed by atoms with Crippen molar-refractivity contribution in [3.8, 4) is 0 Å². The van der Waals surface area contributed by atoms with Gasteiger partial charge in [0.15, 0.2) is 0 Å². The Labute approximate surface area is 150 Å². The van der Waals surface area contributed by atoms with Gasteiger partial charge >= 0.3 is 5.97 Å². The molecule has 0 bridgehead atoms. The van der Waals surface area contributed by atoms with Gasteiger partial charge in [-0.05, 0) is 25.2 Å². The first kappa shape index (κ1) is 19.3. The lowest BCUT2D eigenvalue weighted by Gasteiger charge is -2.16. The number of nitrogens with one attached hydrogen (secondary N) is 2. The third kappa shape index (κ3) is 5.79. The van der Waals surface area contributed by atoms with Crippen LogP contribution in [0.1, 0.15) is 53.9 Å². The maximum absolute atomic E-state index is 12.1. The van der Waals surface area contributed by atoms with Crippen LogP contribution in [0, 0.1) is 5.92 Å². The molecule has 0 saturated carbocycles. The molecule has 0 radical (unpaired) electrons. The van der Waals surface area contributed by atoms with Crippen molar-refractivity contribution in [3.63, 3.8) is 0 Å². The van der Waals surface area contributed by atoms with E-state index in [1.165, 1.54) is 17.5 Å². The molecular formula is C16H23N3O5S. The van der Waals surface area contributed by atoms with Crippen molar-refractivity contribution in [2.24, 2.45) is 5.92 Å². The van der Waals surface area contributed by atoms with Gasteiger partial charge in [-0.25, -0.2) is 9.78 Å². The molecule has 1 saturated heterocycles. The van der Waals surface area contributed by atoms with Gasteiger partial charge in [-0.15, -0.1) is 11.3 Å². The third-order valence-corrected chi connectivity index (χ3v) is 4.79. The summed E-state index contributed by atoms with van der Waals surface area (Å²) in [5, 5.41) is 14.8. The highest BCUT2D eigenvalue weighted by molar-refractivity contribution is 7.13. The van der Waals surface area contributed by atoms with Gasteiger partial charge in [-0.3, -0.25) is 9.59 Å². The monoisotopic (exact) mass is 369 g/mol. The Kier molecular flexibility index (Phi) is 6.89. The second kappa shape index (κ2) is 8.91. The molecule has 2 amide bonds. The number of aliphatic carboxylic acids is 1. The molecule has 2 heterocycles. The zero-order valence-electron chi connectivity index (χ0n) is 14.3. The standard InChI is InChI=1S/C16H23N3O5S/c1-9(2)6-10(16(22)23)19-13(20)8-17-14(21)12-7-18-15(25-12)11-4-3-5-24-11/h7,9-11H,3-6,8H2,1-2H3,(H,17,21)(H,19,20)(H,22,23)/t10-,11?/m0/s1. The maximum Gasteiger partial charge on any atom is 0.326 e. The highest BCUT2D eigenvalue weighted by Gasteiger charge is 2.23. The van der Waals surface area contributed by atoms with Gasteiger partial charge in [0.2, 0.25) is 5.91 Å². The lowest BCUT2D eigenvalue weighted by molar-refractivity contribution is -0.142. The molecule has 3 N–H and O–H groups in total. The van der Waals surface area contributed by atoms with Crippen LogP contribution >= 0.6 is 11.3 Å². The summed E-state index contributed by atoms with van der Waals surface area (Å²) in [5.41, 5.74) is 0. The van der Waals surface area contributed by atoms with E-state index in [1.54, 1.807) is 0 Å². The average Bonchev–Trinajstić information content (AvgIpc) is 3.22. The Morgan fingerprint density at radius 2 is 2.20 bits per heavy atom. The fourth-order valence-electron chi connectivity index (χ4n) is 2.50. The van der Waals surface area contributed by atoms with Crippen molar-refractivity contribution in [2.45, 2.75) is 45.3 Å². The predicted molar refractivity (Wildman–Crippen MR) is 91.4 cm³/mol. The number of rotatable bonds is 8. The number of hydrogen-bond donors (Lipinski definition) is 3. The van der Waals surface area contributed by atoms with Gasteiger partial charge in [-0.2, -0.15) is 0 Å². The van der Waals surface area contributed by atoms with E-state index >= 15 is 0 Å². The number of carbonyl (C=O) groups excluding carboxylic acids is 2. The summed E-state index contributed by atoms with van der Waals surface area (Å²) < 4.78 is 5.52. The van der Waals surface area contributed by atoms with Gasteiger partial charge in [0, 0.05) is 6.61 Å². The molecule has 1 aromatic heterocycles. The molecule has 0 aromatic carbocycles. The van der Waals surface area contributed by atoms with E-state index in [2.05, 4.69) is 15.6 Å². The molecule has 1 aliphatic rings. The molecule has 0 spiro atoms. The van der Waals surface area contributed by atoms with Crippen LogP contribution < -0.4 is 10.6 Å². The summed E-state index contributed by atoms with van der Waals surface area (Å²) in [6.45, 7) is 4.17. The fourth-order valence-corrected chi connectivity index (χ4v) is 3.42. The molecule has 1 aromatic rings. The zero-order chi connectivity index (χ0) is 18.4. The SMILES string of the molecule is CC(C)C[C@H](NC(=O)CNC(=O)c1cnc(C2CCCO2)s1)C(=O)O. The molecule has 1 aliphatic heterocycles. The van der Waals surface area contributed by atoms with Gasteiger partial charge in [0.25, 0.3) is 5.91 Å². The highest BCUT2D eigenvalue weighted by Crippen LogP contribution is 2.31. The number of nitrogens with zero attached hydrogens (tertiary/aromatic N) is 1. The van der Waals surface area contributed by atoms with Gasteiger partial charge in [0.1, 0.15) is 22.0 Å². The van der Waals surface area contributed by atoms with Gasteiger partial charge in [0.05, 0.1) is 12.7 Å². The Hall–Kier alpha value is -2.00. The smallest absolute Gasteiger partial charge is 0.326 e. The second-order valence-electron chi connectivity index (χ2n) is 6.33. The number of amides is 2. The average molecular weight is 369 g/mol. The number of thiazole rings is 1. The number of carboxylic acid groups (broad SMARTS) is 1. The van der Waals surface area contributed by atoms with Crippen LogP contribution in [0.25, 0.3) is 0 Å². The lowest BCUT2D eigenvalue weighted by atomic mass is 10.0. The second-order valence-corrected chi connectivity index (χ2v) is 7.40. The van der Waals surface area contributed by atoms with Crippen molar-refractivity contribution >= 4 is 29.1 Å². The maximum atomic E-state index is 12.1. The van der Waals surface area contributed by atoms with Crippen LogP contribution in [0.5, 0.6) is 0 Å². The van der Waals surface area contributed by atoms with Crippen LogP contribution in [0.2, 0.25) is 0 Å². The first-order valence-corrected chi connectivity index (χ1v) is 9.06. The molecule has 8 nitrogen and oxygen atoms in total. The van der Waals surface area contributed by atoms with Crippen LogP contribution in [-0.4, -0.2) is 47.1 Å². The van der Waals surface area contributed by atoms with Crippen LogP contribution in [0.3, 0.4) is 0 Å². The Balaban J connectivity index is 1.82. The van der Waals surface area contributed by atoms with Crippen LogP contribution in [-0.2, 0) is 14.3 Å². The summed E-state index contributed by atoms with van der Waals surface area (Å²) in [6.07, 6.45) is 3.61. The van der Waals surface area contributed by atoms with Crippen LogP contribution in [0.15, 0.2) is 6.20 Å². The topological polar surface area (TPSA) is 118 Å². The zero-order valence-corrected chi connectivity index (χ0v) is 15.1. The lowest BCUT2D eigenvalue weighted by Crippen LogP contribution is -2.46. The molecule has 2 rings (SSSR count). The summed E-state index contributed by atoms with van der Waals surface area (Å²) in [6, 6.07) is -0.959. The largest absolute Gasteiger partial charge is 0.480 e. The summed E-state index contributed by atoms with van der Waals surface area (Å²) in [5.74, 6) is -1.90. The van der Waals surface area contributed by atoms with E-state index in [-0.39, 0.29) is 18.6 Å². The van der Waals surface area contributed by atoms with E-state index in [9.17, 15) is 14.4 Å². The molecule has 1 unspecified atom stereocenters. The first-order valence-electron chi connectivity index (χ1n) is 8.24. The fraction of sp³-hybridized carbons (Fsp3) is 0.625. The summed E-state index contributed by atoms with van der Waals surface area (Å²) in [4.78, 5) is 39.7. The first-order chi connectivity index (χ1) is 11.9. The highest BCUT2D eigenvalue weighted by atomic mass is 32.1. The minimum absolute atomic E-state index is 0.0535. The van der Waals surface area contributed by atoms with E-state index in [0.29, 0.717) is 17.9 Å². The Morgan fingerprint density at radius 1 is 1.44 bits per heavy atom. The Morgan fingerprint density at radius 3 is 2.80 bits per heavy atom. The van der Waals surface area contributed by atoms with E-state index < -0.39 is 23.8 Å². The predicted octanol–water partition coefficient (Wildman–Crippen LogP) is 1.34. The third-order valence-electron chi connectivity index (χ3n) is 3.70. The van der Waals surface area contributed by atoms with Crippen molar-refractivity contribution in [1.29, 1.82) is 0 Å². The Bertz CT molecular complexity index is 625. The molecule has 1 fully saturated rings. The van der Waals surface area contributed by atoms with Crippen LogP contribution in [0.4, 0.5) is 0 Å². The van der Waals surface area contributed by atoms with Crippen molar-refractivity contribution < 1.29 is 24.2 Å². The molecule has 25 heavy (non-hydrogen) atoms. The van der Waals surface area contributed by atoms with Gasteiger partial charge in [-0.1, -0.05) is 13.8 Å². The summed E-state index contributed by atoms with van der Waals surface area (Å²) in [7, 11) is 0. The quantitative estimate of drug-likeness (QED) is 0.636. The molecule has 0 aliphatic carbocycles. The van der Waals surface area contributed by atoms with E-state index in [0.717, 1.165) is 17.8 Å². The minimum Gasteiger partial charge on any atom is -0.480 e. The number of carboxylic acids is 1. The number of ether oxygens (including phenoxy) is 1. The van der Waals surface area contributed by atoms with Crippen molar-refractivity contribution in [2.75, 3.05) is 13.2 Å². The van der Waals surface area contributed by atoms with E-state index in [1.807, 2.05) is 13.8 Å². The normalized spacial score (nSPS) is 18.1. The minimum atomic E-state index is -1.09. The van der Waals surface area contributed by atoms with Crippen molar-refractivity contribution in [1.82, 2.24) is 15.6 Å². The summed E-state index contributed by atoms with van der Waals surface area (Å²) >= 11 is 1.24. The molecule has 138 valence electrons. The van der Waals surface area contributed by atoms with Crippen molar-refractivity contribution in [3.05, 3.63) is 16.1 Å². The molecular weight excluding hydrogens is 346 g/mol. The van der Waals surface area contributed by atoms with Gasteiger partial charge < -0.3 is 20.5 Å². The number of aromatic nitrogens is 1. The number of carbonyl (C=O) groups is 3. The number of hydrogen-bond acceptors (Lipinski definition) is 6.